The largest absolute Gasteiger partial charge is 0.507 e. The predicted octanol–water partition coefficient (Wildman–Crippen LogP) is 3.93. The van der Waals surface area contributed by atoms with Crippen LogP contribution in [0.15, 0.2) is 35.5 Å². The van der Waals surface area contributed by atoms with Crippen LogP contribution in [0, 0.1) is 12.8 Å². The number of piperidine rings is 1. The monoisotopic (exact) mass is 502 g/mol. The first-order valence-corrected chi connectivity index (χ1v) is 12.5. The van der Waals surface area contributed by atoms with E-state index < -0.39 is 5.60 Å². The number of carbonyl (C=O) groups is 1. The van der Waals surface area contributed by atoms with E-state index in [0.29, 0.717) is 40.8 Å². The van der Waals surface area contributed by atoms with Crippen molar-refractivity contribution in [3.05, 3.63) is 46.6 Å². The maximum Gasteiger partial charge on any atom is 0.410 e. The van der Waals surface area contributed by atoms with Crippen molar-refractivity contribution < 1.29 is 14.6 Å². The summed E-state index contributed by atoms with van der Waals surface area (Å²) in [6, 6.07) is 3.73. The molecule has 4 aromatic rings. The second-order valence-corrected chi connectivity index (χ2v) is 11.2. The predicted molar refractivity (Wildman–Crippen MR) is 138 cm³/mol. The van der Waals surface area contributed by atoms with E-state index in [-0.39, 0.29) is 35.4 Å². The van der Waals surface area contributed by atoms with Crippen LogP contribution in [0.25, 0.3) is 33.2 Å². The number of benzene rings is 1. The number of hydrogen-bond donors (Lipinski definition) is 1. The lowest BCUT2D eigenvalue weighted by Gasteiger charge is -2.33. The summed E-state index contributed by atoms with van der Waals surface area (Å²) < 4.78 is 9.04. The van der Waals surface area contributed by atoms with Gasteiger partial charge in [-0.2, -0.15) is 5.10 Å². The van der Waals surface area contributed by atoms with Gasteiger partial charge in [-0.15, -0.1) is 0 Å². The Kier molecular flexibility index (Phi) is 5.09. The SMILES string of the molecule is Cc1c(O)c(-c2ncc3c(=O)n(C4CC5C[C@H]4CN5C(=O)OC(C)(C)C)ccc3n2)cc2cn(C)nc12. The van der Waals surface area contributed by atoms with E-state index in [0.717, 1.165) is 17.3 Å². The van der Waals surface area contributed by atoms with Gasteiger partial charge in [0.2, 0.25) is 0 Å². The lowest BCUT2D eigenvalue weighted by Crippen LogP contribution is -2.44. The van der Waals surface area contributed by atoms with Crippen LogP contribution in [0.4, 0.5) is 4.79 Å². The van der Waals surface area contributed by atoms with E-state index in [9.17, 15) is 14.7 Å². The highest BCUT2D eigenvalue weighted by atomic mass is 16.6. The third kappa shape index (κ3) is 3.82. The topological polar surface area (TPSA) is 115 Å². The summed E-state index contributed by atoms with van der Waals surface area (Å²) in [5, 5.41) is 16.5. The molecule has 10 nitrogen and oxygen atoms in total. The molecular formula is C27H30N6O4. The number of phenolic OH excluding ortho intramolecular Hbond substituents is 1. The number of aryl methyl sites for hydroxylation is 2. The summed E-state index contributed by atoms with van der Waals surface area (Å²) in [5.41, 5.74) is 1.72. The molecule has 37 heavy (non-hydrogen) atoms. The quantitative estimate of drug-likeness (QED) is 0.442. The zero-order chi connectivity index (χ0) is 26.2. The smallest absolute Gasteiger partial charge is 0.410 e. The minimum atomic E-state index is -0.536. The molecule has 192 valence electrons. The highest BCUT2D eigenvalue weighted by molar-refractivity contribution is 5.90. The summed E-state index contributed by atoms with van der Waals surface area (Å²) >= 11 is 0. The molecule has 3 atom stereocenters. The molecular weight excluding hydrogens is 472 g/mol. The molecule has 1 aromatic carbocycles. The number of hydrogen-bond acceptors (Lipinski definition) is 7. The molecule has 2 fully saturated rings. The number of likely N-dealkylation sites (tertiary alicyclic amines) is 1. The third-order valence-corrected chi connectivity index (χ3v) is 7.53. The number of fused-ring (bicyclic) bond motifs is 4. The van der Waals surface area contributed by atoms with Gasteiger partial charge in [0.15, 0.2) is 5.82 Å². The normalized spacial score (nSPS) is 21.3. The van der Waals surface area contributed by atoms with Gasteiger partial charge in [0.1, 0.15) is 11.4 Å². The van der Waals surface area contributed by atoms with Gasteiger partial charge in [-0.25, -0.2) is 14.8 Å². The van der Waals surface area contributed by atoms with Gasteiger partial charge in [0.05, 0.1) is 22.0 Å². The number of aromatic hydroxyl groups is 1. The number of ether oxygens (including phenoxy) is 1. The molecule has 1 aliphatic heterocycles. The van der Waals surface area contributed by atoms with Gasteiger partial charge in [0.25, 0.3) is 5.56 Å². The fourth-order valence-corrected chi connectivity index (χ4v) is 5.86. The van der Waals surface area contributed by atoms with Crippen LogP contribution < -0.4 is 5.56 Å². The van der Waals surface area contributed by atoms with Gasteiger partial charge < -0.3 is 19.3 Å². The number of nitrogens with zero attached hydrogens (tertiary/aromatic N) is 6. The molecule has 1 N–H and O–H groups in total. The van der Waals surface area contributed by atoms with E-state index in [1.54, 1.807) is 26.5 Å². The van der Waals surface area contributed by atoms with E-state index >= 15 is 0 Å². The fraction of sp³-hybridized carbons (Fsp3) is 0.444. The lowest BCUT2D eigenvalue weighted by molar-refractivity contribution is 0.0165. The first-order chi connectivity index (χ1) is 17.5. The van der Waals surface area contributed by atoms with E-state index in [1.807, 2.05) is 53.1 Å². The zero-order valence-corrected chi connectivity index (χ0v) is 21.6. The first kappa shape index (κ1) is 23.4. The molecule has 2 unspecified atom stereocenters. The van der Waals surface area contributed by atoms with Crippen molar-refractivity contribution in [3.8, 4) is 17.1 Å². The number of pyridine rings is 1. The Hall–Kier alpha value is -3.95. The molecule has 6 rings (SSSR count). The molecule has 1 saturated heterocycles. The van der Waals surface area contributed by atoms with Crippen molar-refractivity contribution in [2.45, 2.75) is 58.2 Å². The number of amides is 1. The van der Waals surface area contributed by atoms with Gasteiger partial charge in [-0.1, -0.05) is 0 Å². The third-order valence-electron chi connectivity index (χ3n) is 7.53. The van der Waals surface area contributed by atoms with E-state index in [1.165, 1.54) is 0 Å². The van der Waals surface area contributed by atoms with Crippen molar-refractivity contribution in [2.75, 3.05) is 6.54 Å². The highest BCUT2D eigenvalue weighted by Crippen LogP contribution is 2.45. The van der Waals surface area contributed by atoms with E-state index in [2.05, 4.69) is 15.1 Å². The van der Waals surface area contributed by atoms with Crippen molar-refractivity contribution >= 4 is 27.9 Å². The Labute approximate surface area is 213 Å². The Bertz CT molecular complexity index is 1630. The van der Waals surface area contributed by atoms with Crippen LogP contribution in [0.3, 0.4) is 0 Å². The summed E-state index contributed by atoms with van der Waals surface area (Å²) in [7, 11) is 1.83. The Morgan fingerprint density at radius 3 is 2.73 bits per heavy atom. The molecule has 2 aliphatic rings. The zero-order valence-electron chi connectivity index (χ0n) is 21.6. The summed E-state index contributed by atoms with van der Waals surface area (Å²) in [5.74, 6) is 0.623. The summed E-state index contributed by atoms with van der Waals surface area (Å²) in [6.45, 7) is 7.99. The average Bonchev–Trinajstić information content (AvgIpc) is 3.54. The maximum absolute atomic E-state index is 13.5. The molecule has 10 heteroatoms. The fourth-order valence-electron chi connectivity index (χ4n) is 5.86. The first-order valence-electron chi connectivity index (χ1n) is 12.5. The number of rotatable bonds is 2. The molecule has 1 aliphatic carbocycles. The molecule has 3 aromatic heterocycles. The van der Waals surface area contributed by atoms with Crippen molar-refractivity contribution in [1.29, 1.82) is 0 Å². The van der Waals surface area contributed by atoms with Crippen molar-refractivity contribution in [2.24, 2.45) is 13.0 Å². The van der Waals surface area contributed by atoms with Crippen molar-refractivity contribution in [3.63, 3.8) is 0 Å². The van der Waals surface area contributed by atoms with Crippen LogP contribution in [-0.4, -0.2) is 58.6 Å². The summed E-state index contributed by atoms with van der Waals surface area (Å²) in [4.78, 5) is 36.9. The van der Waals surface area contributed by atoms with Crippen LogP contribution >= 0.6 is 0 Å². The van der Waals surface area contributed by atoms with Crippen LogP contribution in [-0.2, 0) is 11.8 Å². The number of aromatic nitrogens is 5. The minimum absolute atomic E-state index is 0.0138. The Balaban J connectivity index is 1.30. The van der Waals surface area contributed by atoms with Crippen LogP contribution in [0.1, 0.15) is 45.2 Å². The maximum atomic E-state index is 13.5. The second-order valence-electron chi connectivity index (χ2n) is 11.2. The lowest BCUT2D eigenvalue weighted by atomic mass is 10.0. The molecule has 2 bridgehead atoms. The van der Waals surface area contributed by atoms with Crippen LogP contribution in [0.5, 0.6) is 5.75 Å². The Morgan fingerprint density at radius 1 is 1.24 bits per heavy atom. The molecule has 0 spiro atoms. The summed E-state index contributed by atoms with van der Waals surface area (Å²) in [6.07, 6.45) is 6.50. The number of carbonyl (C=O) groups excluding carboxylic acids is 1. The number of phenols is 1. The standard InChI is InChI=1S/C27H30N6O4/c1-14-22-16(12-31(5)30-22)9-18(23(14)34)24-28-11-19-20(29-24)6-7-32(25(19)35)21-10-17-8-15(21)13-33(17)26(36)37-27(2,3)4/h6-7,9,11-12,15,17,21,34H,8,10,13H2,1-5H3/t15-,17?,21?/m0/s1. The van der Waals surface area contributed by atoms with Gasteiger partial charge >= 0.3 is 6.09 Å². The minimum Gasteiger partial charge on any atom is -0.507 e. The average molecular weight is 503 g/mol. The van der Waals surface area contributed by atoms with E-state index in [4.69, 9.17) is 4.74 Å². The molecule has 1 amide bonds. The molecule has 1 saturated carbocycles. The Morgan fingerprint density at radius 2 is 2.03 bits per heavy atom. The van der Waals surface area contributed by atoms with Crippen LogP contribution in [0.2, 0.25) is 0 Å². The highest BCUT2D eigenvalue weighted by Gasteiger charge is 2.48. The second kappa shape index (κ2) is 8.03. The van der Waals surface area contributed by atoms with Crippen molar-refractivity contribution in [1.82, 2.24) is 29.2 Å². The molecule has 0 radical (unpaired) electrons. The van der Waals surface area contributed by atoms with Gasteiger partial charge in [-0.3, -0.25) is 9.48 Å². The van der Waals surface area contributed by atoms with Gasteiger partial charge in [-0.05, 0) is 58.6 Å². The van der Waals surface area contributed by atoms with Gasteiger partial charge in [0, 0.05) is 55.2 Å². The molecule has 4 heterocycles.